The Bertz CT molecular complexity index is 458. The van der Waals surface area contributed by atoms with Gasteiger partial charge in [0.2, 0.25) is 0 Å². The highest BCUT2D eigenvalue weighted by atomic mass is 16.3. The molecule has 0 saturated heterocycles. The molecule has 0 bridgehead atoms. The number of hydrogen-bond acceptors (Lipinski definition) is 1. The Morgan fingerprint density at radius 2 is 2.06 bits per heavy atom. The molecule has 1 aromatic rings. The van der Waals surface area contributed by atoms with Gasteiger partial charge in [0.1, 0.15) is 5.76 Å². The third-order valence-corrected chi connectivity index (χ3v) is 2.99. The van der Waals surface area contributed by atoms with Crippen molar-refractivity contribution in [1.82, 2.24) is 0 Å². The molecule has 1 aliphatic rings. The summed E-state index contributed by atoms with van der Waals surface area (Å²) in [6.45, 7) is 8.33. The van der Waals surface area contributed by atoms with Crippen LogP contribution in [-0.4, -0.2) is 0 Å². The summed E-state index contributed by atoms with van der Waals surface area (Å²) in [6.07, 6.45) is 11.4. The fourth-order valence-corrected chi connectivity index (χ4v) is 1.97. The zero-order valence-electron chi connectivity index (χ0n) is 10.0. The first kappa shape index (κ1) is 11.0. The van der Waals surface area contributed by atoms with Crippen LogP contribution in [0.3, 0.4) is 0 Å². The van der Waals surface area contributed by atoms with Gasteiger partial charge in [-0.05, 0) is 32.3 Å². The van der Waals surface area contributed by atoms with Gasteiger partial charge in [0.15, 0.2) is 0 Å². The lowest BCUT2D eigenvalue weighted by molar-refractivity contribution is 0.515. The van der Waals surface area contributed by atoms with Gasteiger partial charge >= 0.3 is 0 Å². The number of allylic oxidation sites excluding steroid dienone is 4. The number of furan rings is 1. The SMILES string of the molecule is C=C1CC/C=C(C)\C=C\c2c(C)coc2C1. The van der Waals surface area contributed by atoms with Crippen molar-refractivity contribution in [2.24, 2.45) is 0 Å². The fourth-order valence-electron chi connectivity index (χ4n) is 1.97. The molecule has 0 spiro atoms. The van der Waals surface area contributed by atoms with Crippen molar-refractivity contribution < 1.29 is 4.42 Å². The van der Waals surface area contributed by atoms with E-state index in [9.17, 15) is 0 Å². The van der Waals surface area contributed by atoms with E-state index in [0.29, 0.717) is 0 Å². The molecule has 1 aromatic heterocycles. The summed E-state index contributed by atoms with van der Waals surface area (Å²) in [7, 11) is 0. The molecule has 0 atom stereocenters. The molecule has 1 aliphatic carbocycles. The second-order valence-corrected chi connectivity index (χ2v) is 4.50. The molecule has 84 valence electrons. The second kappa shape index (κ2) is 4.56. The van der Waals surface area contributed by atoms with Crippen LogP contribution in [0.5, 0.6) is 0 Å². The first-order chi connectivity index (χ1) is 7.66. The van der Waals surface area contributed by atoms with E-state index < -0.39 is 0 Å². The standard InChI is InChI=1S/C15H18O/c1-11-5-4-6-12(2)9-15-14(8-7-11)13(3)10-16-15/h5,7-8,10H,2,4,6,9H2,1,3H3/b8-7+,11-5-. The van der Waals surface area contributed by atoms with Crippen LogP contribution in [0.1, 0.15) is 36.7 Å². The molecule has 0 aliphatic heterocycles. The maximum absolute atomic E-state index is 5.59. The molecule has 0 amide bonds. The summed E-state index contributed by atoms with van der Waals surface area (Å²) in [4.78, 5) is 0. The van der Waals surface area contributed by atoms with Gasteiger partial charge in [0, 0.05) is 12.0 Å². The van der Waals surface area contributed by atoms with Crippen LogP contribution in [0.4, 0.5) is 0 Å². The number of aryl methyl sites for hydroxylation is 1. The van der Waals surface area contributed by atoms with Crippen molar-refractivity contribution in [2.75, 3.05) is 0 Å². The van der Waals surface area contributed by atoms with Gasteiger partial charge in [-0.2, -0.15) is 0 Å². The van der Waals surface area contributed by atoms with E-state index in [4.69, 9.17) is 4.42 Å². The minimum atomic E-state index is 0.862. The topological polar surface area (TPSA) is 13.1 Å². The van der Waals surface area contributed by atoms with Gasteiger partial charge < -0.3 is 4.42 Å². The molecule has 0 aromatic carbocycles. The number of hydrogen-bond donors (Lipinski definition) is 0. The first-order valence-electron chi connectivity index (χ1n) is 5.75. The number of fused-ring (bicyclic) bond motifs is 1. The van der Waals surface area contributed by atoms with Gasteiger partial charge in [-0.15, -0.1) is 0 Å². The zero-order valence-corrected chi connectivity index (χ0v) is 10.0. The average Bonchev–Trinajstić information content (AvgIpc) is 2.57. The molecule has 2 rings (SSSR count). The van der Waals surface area contributed by atoms with E-state index in [1.54, 1.807) is 0 Å². The van der Waals surface area contributed by atoms with Crippen molar-refractivity contribution in [3.05, 3.63) is 53.0 Å². The monoisotopic (exact) mass is 214 g/mol. The lowest BCUT2D eigenvalue weighted by atomic mass is 10.00. The van der Waals surface area contributed by atoms with Gasteiger partial charge in [-0.1, -0.05) is 36.0 Å². The van der Waals surface area contributed by atoms with Gasteiger partial charge in [0.05, 0.1) is 6.26 Å². The third-order valence-electron chi connectivity index (χ3n) is 2.99. The smallest absolute Gasteiger partial charge is 0.115 e. The average molecular weight is 214 g/mol. The molecular formula is C15H18O. The van der Waals surface area contributed by atoms with E-state index >= 15 is 0 Å². The first-order valence-corrected chi connectivity index (χ1v) is 5.75. The number of rotatable bonds is 0. The van der Waals surface area contributed by atoms with E-state index in [1.165, 1.54) is 22.3 Å². The van der Waals surface area contributed by atoms with Crippen molar-refractivity contribution in [1.29, 1.82) is 0 Å². The van der Waals surface area contributed by atoms with Crippen LogP contribution < -0.4 is 0 Å². The Morgan fingerprint density at radius 3 is 2.88 bits per heavy atom. The predicted octanol–water partition coefficient (Wildman–Crippen LogP) is 4.44. The highest BCUT2D eigenvalue weighted by molar-refractivity contribution is 5.58. The predicted molar refractivity (Wildman–Crippen MR) is 68.3 cm³/mol. The lowest BCUT2D eigenvalue weighted by Gasteiger charge is -2.06. The van der Waals surface area contributed by atoms with Crippen molar-refractivity contribution in [2.45, 2.75) is 33.1 Å². The lowest BCUT2D eigenvalue weighted by Crippen LogP contribution is -1.92. The van der Waals surface area contributed by atoms with Gasteiger partial charge in [-0.3, -0.25) is 0 Å². The highest BCUT2D eigenvalue weighted by Crippen LogP contribution is 2.24. The molecule has 0 unspecified atom stereocenters. The molecule has 0 N–H and O–H groups in total. The van der Waals surface area contributed by atoms with Crippen molar-refractivity contribution in [3.63, 3.8) is 0 Å². The Labute approximate surface area is 97.2 Å². The Morgan fingerprint density at radius 1 is 1.25 bits per heavy atom. The van der Waals surface area contributed by atoms with Crippen LogP contribution in [-0.2, 0) is 6.42 Å². The molecule has 1 heteroatoms. The van der Waals surface area contributed by atoms with Crippen LogP contribution in [0.15, 0.2) is 40.6 Å². The van der Waals surface area contributed by atoms with Crippen LogP contribution in [0.2, 0.25) is 0 Å². The summed E-state index contributed by atoms with van der Waals surface area (Å²) < 4.78 is 5.59. The highest BCUT2D eigenvalue weighted by Gasteiger charge is 2.10. The van der Waals surface area contributed by atoms with E-state index in [0.717, 1.165) is 25.0 Å². The zero-order chi connectivity index (χ0) is 11.5. The summed E-state index contributed by atoms with van der Waals surface area (Å²) in [5.41, 5.74) is 4.97. The molecule has 0 fully saturated rings. The van der Waals surface area contributed by atoms with E-state index in [2.05, 4.69) is 38.7 Å². The maximum Gasteiger partial charge on any atom is 0.115 e. The second-order valence-electron chi connectivity index (χ2n) is 4.50. The summed E-state index contributed by atoms with van der Waals surface area (Å²) in [6, 6.07) is 0. The molecule has 1 nitrogen and oxygen atoms in total. The normalized spacial score (nSPS) is 22.1. The third kappa shape index (κ3) is 2.35. The van der Waals surface area contributed by atoms with Crippen LogP contribution in [0, 0.1) is 6.92 Å². The molecule has 0 saturated carbocycles. The summed E-state index contributed by atoms with van der Waals surface area (Å²) in [5, 5.41) is 0. The minimum Gasteiger partial charge on any atom is -0.468 e. The van der Waals surface area contributed by atoms with E-state index in [-0.39, 0.29) is 0 Å². The molecule has 1 heterocycles. The maximum atomic E-state index is 5.59. The van der Waals surface area contributed by atoms with Crippen molar-refractivity contribution >= 4 is 6.08 Å². The van der Waals surface area contributed by atoms with Gasteiger partial charge in [-0.25, -0.2) is 0 Å². The quantitative estimate of drug-likeness (QED) is 0.582. The Balaban J connectivity index is 2.41. The van der Waals surface area contributed by atoms with Crippen molar-refractivity contribution in [3.8, 4) is 0 Å². The summed E-state index contributed by atoms with van der Waals surface area (Å²) in [5.74, 6) is 1.05. The summed E-state index contributed by atoms with van der Waals surface area (Å²) >= 11 is 0. The van der Waals surface area contributed by atoms with E-state index in [1.807, 2.05) is 6.26 Å². The van der Waals surface area contributed by atoms with Crippen LogP contribution in [0.25, 0.3) is 6.08 Å². The Kier molecular flexibility index (Phi) is 3.14. The molecular weight excluding hydrogens is 196 g/mol. The van der Waals surface area contributed by atoms with Gasteiger partial charge in [0.25, 0.3) is 0 Å². The largest absolute Gasteiger partial charge is 0.468 e. The van der Waals surface area contributed by atoms with Crippen LogP contribution >= 0.6 is 0 Å². The fraction of sp³-hybridized carbons (Fsp3) is 0.333. The molecule has 0 radical (unpaired) electrons. The minimum absolute atomic E-state index is 0.862. The Hall–Kier alpha value is -1.50. The molecule has 16 heavy (non-hydrogen) atoms.